The van der Waals surface area contributed by atoms with Crippen molar-refractivity contribution in [3.63, 3.8) is 0 Å². The van der Waals surface area contributed by atoms with Gasteiger partial charge in [0.1, 0.15) is 23.0 Å². The molecule has 2 N–H and O–H groups in total. The van der Waals surface area contributed by atoms with Crippen LogP contribution in [0, 0.1) is 6.92 Å². The van der Waals surface area contributed by atoms with Gasteiger partial charge in [0.15, 0.2) is 0 Å². The van der Waals surface area contributed by atoms with Gasteiger partial charge in [-0.05, 0) is 26.7 Å². The molecule has 0 saturated heterocycles. The first-order valence-corrected chi connectivity index (χ1v) is 8.18. The van der Waals surface area contributed by atoms with Crippen LogP contribution in [0.3, 0.4) is 0 Å². The van der Waals surface area contributed by atoms with Gasteiger partial charge >= 0.3 is 0 Å². The number of thiazole rings is 1. The molecular formula is C15H23N5S. The van der Waals surface area contributed by atoms with Gasteiger partial charge in [-0.25, -0.2) is 15.0 Å². The Hall–Kier alpha value is -1.69. The Morgan fingerprint density at radius 2 is 1.90 bits per heavy atom. The molecule has 0 aromatic carbocycles. The highest BCUT2D eigenvalue weighted by molar-refractivity contribution is 7.09. The number of aromatic nitrogens is 3. The zero-order chi connectivity index (χ0) is 15.4. The second kappa shape index (κ2) is 6.85. The number of aryl methyl sites for hydroxylation is 1. The van der Waals surface area contributed by atoms with E-state index in [0.717, 1.165) is 34.4 Å². The highest BCUT2D eigenvalue weighted by Gasteiger charge is 2.17. The largest absolute Gasteiger partial charge is 0.370 e. The normalized spacial score (nSPS) is 12.5. The molecule has 0 fully saturated rings. The summed E-state index contributed by atoms with van der Waals surface area (Å²) >= 11 is 1.67. The number of hydrogen-bond acceptors (Lipinski definition) is 6. The molecule has 1 unspecified atom stereocenters. The molecular weight excluding hydrogens is 282 g/mol. The van der Waals surface area contributed by atoms with Crippen molar-refractivity contribution in [2.45, 2.75) is 46.6 Å². The molecule has 2 aromatic heterocycles. The average Bonchev–Trinajstić information content (AvgIpc) is 2.86. The lowest BCUT2D eigenvalue weighted by molar-refractivity contribution is 0.812. The van der Waals surface area contributed by atoms with Gasteiger partial charge in [0.2, 0.25) is 0 Å². The highest BCUT2D eigenvalue weighted by Crippen LogP contribution is 2.31. The summed E-state index contributed by atoms with van der Waals surface area (Å²) in [5.74, 6) is 2.14. The zero-order valence-corrected chi connectivity index (χ0v) is 14.1. The molecule has 0 radical (unpaired) electrons. The van der Waals surface area contributed by atoms with Crippen LogP contribution in [-0.2, 0) is 0 Å². The van der Waals surface area contributed by atoms with E-state index in [1.54, 1.807) is 17.7 Å². The Bertz CT molecular complexity index is 593. The van der Waals surface area contributed by atoms with E-state index in [9.17, 15) is 0 Å². The summed E-state index contributed by atoms with van der Waals surface area (Å²) in [5, 5.41) is 9.93. The molecule has 0 saturated carbocycles. The lowest BCUT2D eigenvalue weighted by Gasteiger charge is -2.19. The van der Waals surface area contributed by atoms with Gasteiger partial charge in [0.25, 0.3) is 0 Å². The summed E-state index contributed by atoms with van der Waals surface area (Å²) in [6, 6.07) is 0.130. The molecule has 2 aromatic rings. The van der Waals surface area contributed by atoms with Crippen LogP contribution in [-0.4, -0.2) is 21.5 Å². The third-order valence-corrected chi connectivity index (χ3v) is 4.31. The molecule has 0 aliphatic rings. The Labute approximate surface area is 130 Å². The third kappa shape index (κ3) is 3.69. The molecule has 114 valence electrons. The van der Waals surface area contributed by atoms with E-state index in [4.69, 9.17) is 0 Å². The number of nitrogens with zero attached hydrogens (tertiary/aromatic N) is 3. The SMILES string of the molecule is CCNc1ncnc(NC(C)c2nc(C)cs2)c1C(C)C. The minimum absolute atomic E-state index is 0.130. The molecule has 2 heterocycles. The maximum absolute atomic E-state index is 4.54. The topological polar surface area (TPSA) is 62.7 Å². The van der Waals surface area contributed by atoms with E-state index in [1.165, 1.54) is 0 Å². The molecule has 0 amide bonds. The molecule has 2 rings (SSSR count). The van der Waals surface area contributed by atoms with E-state index in [0.29, 0.717) is 5.92 Å². The summed E-state index contributed by atoms with van der Waals surface area (Å²) in [6.45, 7) is 11.3. The quantitative estimate of drug-likeness (QED) is 0.845. The minimum atomic E-state index is 0.130. The standard InChI is InChI=1S/C15H23N5S/c1-6-16-13-12(9(2)3)14(18-8-17-13)20-11(5)15-19-10(4)7-21-15/h7-9,11H,6H2,1-5H3,(H2,16,17,18,20). The van der Waals surface area contributed by atoms with Gasteiger partial charge < -0.3 is 10.6 Å². The molecule has 0 bridgehead atoms. The Morgan fingerprint density at radius 3 is 2.48 bits per heavy atom. The van der Waals surface area contributed by atoms with Gasteiger partial charge in [-0.15, -0.1) is 11.3 Å². The van der Waals surface area contributed by atoms with Crippen LogP contribution in [0.5, 0.6) is 0 Å². The van der Waals surface area contributed by atoms with Crippen LogP contribution in [0.15, 0.2) is 11.7 Å². The van der Waals surface area contributed by atoms with E-state index in [2.05, 4.69) is 58.7 Å². The van der Waals surface area contributed by atoms with Gasteiger partial charge in [-0.1, -0.05) is 13.8 Å². The first-order chi connectivity index (χ1) is 10.0. The van der Waals surface area contributed by atoms with Gasteiger partial charge in [-0.2, -0.15) is 0 Å². The minimum Gasteiger partial charge on any atom is -0.370 e. The van der Waals surface area contributed by atoms with Crippen molar-refractivity contribution < 1.29 is 0 Å². The summed E-state index contributed by atoms with van der Waals surface area (Å²) < 4.78 is 0. The van der Waals surface area contributed by atoms with Crippen molar-refractivity contribution in [1.82, 2.24) is 15.0 Å². The summed E-state index contributed by atoms with van der Waals surface area (Å²) in [7, 11) is 0. The van der Waals surface area contributed by atoms with Gasteiger partial charge in [0, 0.05) is 23.2 Å². The van der Waals surface area contributed by atoms with E-state index < -0.39 is 0 Å². The second-order valence-electron chi connectivity index (χ2n) is 5.36. The van der Waals surface area contributed by atoms with Crippen LogP contribution in [0.4, 0.5) is 11.6 Å². The molecule has 6 heteroatoms. The first kappa shape index (κ1) is 15.7. The predicted octanol–water partition coefficient (Wildman–Crippen LogP) is 3.97. The Balaban J connectivity index is 2.28. The molecule has 1 atom stereocenters. The van der Waals surface area contributed by atoms with Crippen LogP contribution in [0.1, 0.15) is 55.9 Å². The van der Waals surface area contributed by atoms with Crippen LogP contribution < -0.4 is 10.6 Å². The van der Waals surface area contributed by atoms with Crippen molar-refractivity contribution in [2.75, 3.05) is 17.2 Å². The van der Waals surface area contributed by atoms with Crippen molar-refractivity contribution in [3.8, 4) is 0 Å². The average molecular weight is 305 g/mol. The highest BCUT2D eigenvalue weighted by atomic mass is 32.1. The lowest BCUT2D eigenvalue weighted by Crippen LogP contribution is -2.13. The fourth-order valence-electron chi connectivity index (χ4n) is 2.20. The first-order valence-electron chi connectivity index (χ1n) is 7.30. The van der Waals surface area contributed by atoms with Crippen molar-refractivity contribution in [2.24, 2.45) is 0 Å². The van der Waals surface area contributed by atoms with Crippen molar-refractivity contribution in [1.29, 1.82) is 0 Å². The smallest absolute Gasteiger partial charge is 0.135 e. The van der Waals surface area contributed by atoms with Crippen LogP contribution >= 0.6 is 11.3 Å². The van der Waals surface area contributed by atoms with Gasteiger partial charge in [-0.3, -0.25) is 0 Å². The molecule has 0 aliphatic carbocycles. The Morgan fingerprint density at radius 1 is 1.19 bits per heavy atom. The lowest BCUT2D eigenvalue weighted by atomic mass is 10.0. The molecule has 21 heavy (non-hydrogen) atoms. The fraction of sp³-hybridized carbons (Fsp3) is 0.533. The molecule has 0 spiro atoms. The monoisotopic (exact) mass is 305 g/mol. The van der Waals surface area contributed by atoms with Gasteiger partial charge in [0.05, 0.1) is 6.04 Å². The number of rotatable bonds is 6. The number of anilines is 2. The summed E-state index contributed by atoms with van der Waals surface area (Å²) in [5.41, 5.74) is 2.18. The third-order valence-electron chi connectivity index (χ3n) is 3.17. The summed E-state index contributed by atoms with van der Waals surface area (Å²) in [4.78, 5) is 13.3. The maximum Gasteiger partial charge on any atom is 0.135 e. The predicted molar refractivity (Wildman–Crippen MR) is 89.2 cm³/mol. The van der Waals surface area contributed by atoms with E-state index in [1.807, 2.05) is 6.92 Å². The van der Waals surface area contributed by atoms with Crippen LogP contribution in [0.2, 0.25) is 0 Å². The fourth-order valence-corrected chi connectivity index (χ4v) is 3.01. The van der Waals surface area contributed by atoms with Crippen molar-refractivity contribution >= 4 is 23.0 Å². The number of hydrogen-bond donors (Lipinski definition) is 2. The maximum atomic E-state index is 4.54. The number of nitrogens with one attached hydrogen (secondary N) is 2. The Kier molecular flexibility index (Phi) is 5.12. The van der Waals surface area contributed by atoms with Crippen molar-refractivity contribution in [3.05, 3.63) is 28.0 Å². The van der Waals surface area contributed by atoms with E-state index >= 15 is 0 Å². The zero-order valence-electron chi connectivity index (χ0n) is 13.3. The second-order valence-corrected chi connectivity index (χ2v) is 6.25. The molecule has 5 nitrogen and oxygen atoms in total. The van der Waals surface area contributed by atoms with E-state index in [-0.39, 0.29) is 6.04 Å². The van der Waals surface area contributed by atoms with Crippen LogP contribution in [0.25, 0.3) is 0 Å². The molecule has 0 aliphatic heterocycles. The summed E-state index contributed by atoms with van der Waals surface area (Å²) in [6.07, 6.45) is 1.60.